The summed E-state index contributed by atoms with van der Waals surface area (Å²) < 4.78 is 15.6. The fraction of sp³-hybridized carbons (Fsp3) is 0.650. The molecule has 0 aromatic heterocycles. The van der Waals surface area contributed by atoms with Gasteiger partial charge in [0.15, 0.2) is 0 Å². The Hall–Kier alpha value is -1.00. The van der Waals surface area contributed by atoms with Crippen molar-refractivity contribution in [2.45, 2.75) is 70.6 Å². The molecule has 0 amide bonds. The number of carbonyl (C=O) groups excluding carboxylic acids is 1. The fourth-order valence-electron chi connectivity index (χ4n) is 3.48. The van der Waals surface area contributed by atoms with Crippen LogP contribution in [0, 0.1) is 11.8 Å². The van der Waals surface area contributed by atoms with E-state index in [2.05, 4.69) is 23.8 Å². The zero-order valence-corrected chi connectivity index (χ0v) is 16.2. The van der Waals surface area contributed by atoms with Gasteiger partial charge in [0.1, 0.15) is 5.78 Å². The number of hydrogen-bond donors (Lipinski definition) is 1. The first kappa shape index (κ1) is 19.3. The lowest BCUT2D eigenvalue weighted by molar-refractivity contribution is -0.127. The highest BCUT2D eigenvalue weighted by Crippen LogP contribution is 2.32. The van der Waals surface area contributed by atoms with E-state index in [9.17, 15) is 9.00 Å². The second-order valence-electron chi connectivity index (χ2n) is 7.99. The molecule has 24 heavy (non-hydrogen) atoms. The monoisotopic (exact) mass is 349 g/mol. The van der Waals surface area contributed by atoms with Gasteiger partial charge in [0, 0.05) is 18.4 Å². The van der Waals surface area contributed by atoms with Crippen LogP contribution in [0.25, 0.3) is 0 Å². The van der Waals surface area contributed by atoms with Gasteiger partial charge in [-0.3, -0.25) is 4.79 Å². The highest BCUT2D eigenvalue weighted by Gasteiger charge is 2.37. The van der Waals surface area contributed by atoms with E-state index in [0.29, 0.717) is 18.1 Å². The number of ketones is 1. The Balaban J connectivity index is 2.14. The van der Waals surface area contributed by atoms with E-state index in [1.54, 1.807) is 0 Å². The first-order valence-corrected chi connectivity index (χ1v) is 10.2. The van der Waals surface area contributed by atoms with Crippen LogP contribution in [0.4, 0.5) is 0 Å². The molecule has 2 rings (SSSR count). The van der Waals surface area contributed by atoms with Crippen molar-refractivity contribution in [3.63, 3.8) is 0 Å². The maximum Gasteiger partial charge on any atom is 0.137 e. The molecule has 0 aliphatic heterocycles. The molecule has 134 valence electrons. The average molecular weight is 350 g/mol. The molecule has 0 heterocycles. The van der Waals surface area contributed by atoms with E-state index in [0.717, 1.165) is 25.7 Å². The minimum absolute atomic E-state index is 0.0197. The summed E-state index contributed by atoms with van der Waals surface area (Å²) in [6.07, 6.45) is 4.48. The number of benzene rings is 1. The number of rotatable bonds is 6. The van der Waals surface area contributed by atoms with Gasteiger partial charge in [0.05, 0.1) is 15.7 Å². The molecule has 0 bridgehead atoms. The Morgan fingerprint density at radius 2 is 1.92 bits per heavy atom. The predicted octanol–water partition coefficient (Wildman–Crippen LogP) is 4.04. The topological polar surface area (TPSA) is 46.2 Å². The van der Waals surface area contributed by atoms with Crippen LogP contribution in [-0.4, -0.2) is 20.8 Å². The Kier molecular flexibility index (Phi) is 6.76. The summed E-state index contributed by atoms with van der Waals surface area (Å²) in [6.45, 7) is 8.07. The van der Waals surface area contributed by atoms with Gasteiger partial charge in [-0.05, 0) is 57.9 Å². The van der Waals surface area contributed by atoms with E-state index in [-0.39, 0.29) is 16.7 Å². The van der Waals surface area contributed by atoms with Gasteiger partial charge in [-0.25, -0.2) is 8.93 Å². The molecule has 4 atom stereocenters. The molecule has 3 nitrogen and oxygen atoms in total. The molecule has 1 saturated carbocycles. The molecule has 0 radical (unpaired) electrons. The lowest BCUT2D eigenvalue weighted by atomic mass is 9.74. The Labute approximate surface area is 149 Å². The quantitative estimate of drug-likeness (QED) is 0.842. The van der Waals surface area contributed by atoms with E-state index < -0.39 is 11.0 Å². The van der Waals surface area contributed by atoms with E-state index in [1.807, 2.05) is 39.0 Å². The van der Waals surface area contributed by atoms with Crippen molar-refractivity contribution in [3.05, 3.63) is 35.9 Å². The van der Waals surface area contributed by atoms with Crippen molar-refractivity contribution < 1.29 is 9.00 Å². The maximum absolute atomic E-state index is 12.6. The minimum atomic E-state index is -1.16. The van der Waals surface area contributed by atoms with Crippen LogP contribution in [0.15, 0.2) is 30.3 Å². The van der Waals surface area contributed by atoms with Crippen molar-refractivity contribution >= 4 is 16.8 Å². The van der Waals surface area contributed by atoms with Crippen molar-refractivity contribution in [1.82, 2.24) is 4.72 Å². The van der Waals surface area contributed by atoms with Crippen LogP contribution >= 0.6 is 0 Å². The van der Waals surface area contributed by atoms with E-state index >= 15 is 0 Å². The second-order valence-corrected chi connectivity index (χ2v) is 9.99. The zero-order chi connectivity index (χ0) is 17.7. The molecule has 0 spiro atoms. The van der Waals surface area contributed by atoms with Gasteiger partial charge in [-0.2, -0.15) is 0 Å². The molecule has 1 aliphatic rings. The van der Waals surface area contributed by atoms with Gasteiger partial charge < -0.3 is 0 Å². The summed E-state index contributed by atoms with van der Waals surface area (Å²) in [5.74, 6) is 0.676. The first-order valence-electron chi connectivity index (χ1n) is 9.03. The lowest BCUT2D eigenvalue weighted by Crippen LogP contribution is -2.49. The summed E-state index contributed by atoms with van der Waals surface area (Å²) in [5, 5.41) is 0. The minimum Gasteiger partial charge on any atom is -0.299 e. The number of Topliss-reactive ketones (excluding diaryl/α,β-unsaturated/α-hetero) is 1. The first-order chi connectivity index (χ1) is 11.3. The molecule has 0 unspecified atom stereocenters. The number of nitrogens with one attached hydrogen (secondary N) is 1. The van der Waals surface area contributed by atoms with Crippen LogP contribution in [0.5, 0.6) is 0 Å². The molecular formula is C20H31NO2S. The van der Waals surface area contributed by atoms with Crippen molar-refractivity contribution in [2.24, 2.45) is 11.8 Å². The number of aryl methyl sites for hydroxylation is 1. The Morgan fingerprint density at radius 1 is 1.25 bits per heavy atom. The third-order valence-electron chi connectivity index (χ3n) is 4.90. The van der Waals surface area contributed by atoms with E-state index in [1.165, 1.54) is 5.56 Å². The summed E-state index contributed by atoms with van der Waals surface area (Å²) in [4.78, 5) is 12.5. The molecule has 4 heteroatoms. The Bertz CT molecular complexity index is 565. The Morgan fingerprint density at radius 3 is 2.50 bits per heavy atom. The van der Waals surface area contributed by atoms with Gasteiger partial charge in [0.2, 0.25) is 0 Å². The van der Waals surface area contributed by atoms with Crippen LogP contribution < -0.4 is 4.72 Å². The maximum atomic E-state index is 12.6. The van der Waals surface area contributed by atoms with Crippen LogP contribution in [-0.2, 0) is 22.2 Å². The highest BCUT2D eigenvalue weighted by atomic mass is 32.2. The van der Waals surface area contributed by atoms with Crippen molar-refractivity contribution in [3.8, 4) is 0 Å². The van der Waals surface area contributed by atoms with Crippen LogP contribution in [0.3, 0.4) is 0 Å². The highest BCUT2D eigenvalue weighted by molar-refractivity contribution is 7.84. The van der Waals surface area contributed by atoms with E-state index in [4.69, 9.17) is 0 Å². The van der Waals surface area contributed by atoms with Crippen molar-refractivity contribution in [2.75, 3.05) is 0 Å². The van der Waals surface area contributed by atoms with Crippen LogP contribution in [0.2, 0.25) is 0 Å². The third kappa shape index (κ3) is 5.25. The lowest BCUT2D eigenvalue weighted by Gasteiger charge is -2.35. The molecule has 1 fully saturated rings. The molecule has 1 aliphatic carbocycles. The second kappa shape index (κ2) is 8.39. The largest absolute Gasteiger partial charge is 0.299 e. The van der Waals surface area contributed by atoms with Crippen molar-refractivity contribution in [1.29, 1.82) is 0 Å². The fourth-order valence-corrected chi connectivity index (χ4v) is 4.37. The summed E-state index contributed by atoms with van der Waals surface area (Å²) >= 11 is 0. The summed E-state index contributed by atoms with van der Waals surface area (Å²) in [6, 6.07) is 10.3. The molecule has 1 aromatic carbocycles. The summed E-state index contributed by atoms with van der Waals surface area (Å²) in [5.41, 5.74) is 1.27. The third-order valence-corrected chi connectivity index (χ3v) is 6.53. The van der Waals surface area contributed by atoms with Gasteiger partial charge in [0.25, 0.3) is 0 Å². The average Bonchev–Trinajstić information content (AvgIpc) is 2.52. The van der Waals surface area contributed by atoms with Gasteiger partial charge >= 0.3 is 0 Å². The molecule has 1 aromatic rings. The van der Waals surface area contributed by atoms with Gasteiger partial charge in [-0.1, -0.05) is 37.3 Å². The van der Waals surface area contributed by atoms with Crippen LogP contribution in [0.1, 0.15) is 58.9 Å². The smallest absolute Gasteiger partial charge is 0.137 e. The standard InChI is InChI=1S/C20H31NO2S/c1-15-9-8-12-18(22)19(15)17(21-24(23)20(2,3)4)14-13-16-10-6-5-7-11-16/h5-7,10-11,15,17,19,21H,8-9,12-14H2,1-4H3/t15-,17+,19-,24+/m0/s1. The predicted molar refractivity (Wildman–Crippen MR) is 101 cm³/mol. The SMILES string of the molecule is C[C@H]1CCCC(=O)[C@@H]1[C@@H](CCc1ccccc1)N[S@](=O)C(C)(C)C. The summed E-state index contributed by atoms with van der Waals surface area (Å²) in [7, 11) is -1.16. The molecular weight excluding hydrogens is 318 g/mol. The number of carbonyl (C=O) groups is 1. The zero-order valence-electron chi connectivity index (χ0n) is 15.4. The number of hydrogen-bond acceptors (Lipinski definition) is 2. The molecule has 1 N–H and O–H groups in total. The van der Waals surface area contributed by atoms with Gasteiger partial charge in [-0.15, -0.1) is 0 Å². The molecule has 0 saturated heterocycles. The normalized spacial score (nSPS) is 24.6.